The lowest BCUT2D eigenvalue weighted by Crippen LogP contribution is -2.23. The van der Waals surface area contributed by atoms with E-state index in [0.29, 0.717) is 21.9 Å². The van der Waals surface area contributed by atoms with Crippen molar-refractivity contribution in [2.75, 3.05) is 11.1 Å². The SMILES string of the molecule is CCn1c(SCC(=O)Nc2c(C)cccc2C)nc2ccsc2c1=O. The van der Waals surface area contributed by atoms with Crippen LogP contribution in [-0.2, 0) is 11.3 Å². The average molecular weight is 374 g/mol. The Morgan fingerprint density at radius 3 is 2.68 bits per heavy atom. The van der Waals surface area contributed by atoms with E-state index in [1.807, 2.05) is 50.4 Å². The van der Waals surface area contributed by atoms with Gasteiger partial charge in [0, 0.05) is 12.2 Å². The Morgan fingerprint density at radius 1 is 1.28 bits per heavy atom. The molecule has 0 atom stereocenters. The van der Waals surface area contributed by atoms with Crippen LogP contribution in [0.1, 0.15) is 18.1 Å². The lowest BCUT2D eigenvalue weighted by molar-refractivity contribution is -0.113. The summed E-state index contributed by atoms with van der Waals surface area (Å²) in [6, 6.07) is 7.74. The van der Waals surface area contributed by atoms with Gasteiger partial charge < -0.3 is 5.32 Å². The third-order valence-electron chi connectivity index (χ3n) is 3.92. The van der Waals surface area contributed by atoms with Crippen LogP contribution < -0.4 is 10.9 Å². The standard InChI is InChI=1S/C18H19N3O2S2/c1-4-21-17(23)16-13(8-9-24-16)19-18(21)25-10-14(22)20-15-11(2)6-5-7-12(15)3/h5-9H,4,10H2,1-3H3,(H,20,22). The van der Waals surface area contributed by atoms with Crippen molar-refractivity contribution in [3.05, 3.63) is 51.1 Å². The van der Waals surface area contributed by atoms with Crippen LogP contribution in [0.5, 0.6) is 0 Å². The monoisotopic (exact) mass is 373 g/mol. The molecule has 1 N–H and O–H groups in total. The molecule has 3 rings (SSSR count). The second-order valence-corrected chi connectivity index (χ2v) is 7.54. The van der Waals surface area contributed by atoms with E-state index in [1.165, 1.54) is 23.1 Å². The molecule has 7 heteroatoms. The molecule has 0 bridgehead atoms. The third-order valence-corrected chi connectivity index (χ3v) is 5.79. The van der Waals surface area contributed by atoms with Crippen LogP contribution in [0.4, 0.5) is 5.69 Å². The number of anilines is 1. The van der Waals surface area contributed by atoms with E-state index in [9.17, 15) is 9.59 Å². The molecule has 1 aromatic carbocycles. The molecule has 0 saturated carbocycles. The lowest BCUT2D eigenvalue weighted by atomic mass is 10.1. The summed E-state index contributed by atoms with van der Waals surface area (Å²) in [7, 11) is 0. The Balaban J connectivity index is 1.78. The predicted octanol–water partition coefficient (Wildman–Crippen LogP) is 3.83. The smallest absolute Gasteiger partial charge is 0.272 e. The molecule has 0 aliphatic heterocycles. The number of hydrogen-bond acceptors (Lipinski definition) is 5. The van der Waals surface area contributed by atoms with Crippen molar-refractivity contribution in [3.63, 3.8) is 0 Å². The van der Waals surface area contributed by atoms with Crippen LogP contribution in [-0.4, -0.2) is 21.2 Å². The molecule has 0 aliphatic rings. The summed E-state index contributed by atoms with van der Waals surface area (Å²) in [5.41, 5.74) is 3.56. The fraction of sp³-hybridized carbons (Fsp3) is 0.278. The van der Waals surface area contributed by atoms with E-state index in [2.05, 4.69) is 10.3 Å². The number of hydrogen-bond donors (Lipinski definition) is 1. The van der Waals surface area contributed by atoms with Crippen LogP contribution in [0, 0.1) is 13.8 Å². The van der Waals surface area contributed by atoms with Crippen molar-refractivity contribution < 1.29 is 4.79 Å². The van der Waals surface area contributed by atoms with Crippen LogP contribution in [0.15, 0.2) is 39.6 Å². The van der Waals surface area contributed by atoms with Gasteiger partial charge in [0.1, 0.15) is 4.70 Å². The number of thioether (sulfide) groups is 1. The van der Waals surface area contributed by atoms with Crippen LogP contribution in [0.25, 0.3) is 10.2 Å². The number of thiophene rings is 1. The Labute approximate surface area is 154 Å². The van der Waals surface area contributed by atoms with Gasteiger partial charge in [-0.1, -0.05) is 30.0 Å². The van der Waals surface area contributed by atoms with Gasteiger partial charge in [0.15, 0.2) is 5.16 Å². The highest BCUT2D eigenvalue weighted by Gasteiger charge is 2.14. The number of benzene rings is 1. The van der Waals surface area contributed by atoms with Crippen LogP contribution in [0.2, 0.25) is 0 Å². The number of rotatable bonds is 5. The van der Waals surface area contributed by atoms with E-state index >= 15 is 0 Å². The molecular formula is C18H19N3O2S2. The number of fused-ring (bicyclic) bond motifs is 1. The fourth-order valence-corrected chi connectivity index (χ4v) is 4.27. The average Bonchev–Trinajstić information content (AvgIpc) is 3.05. The van der Waals surface area contributed by atoms with E-state index < -0.39 is 0 Å². The molecular weight excluding hydrogens is 354 g/mol. The molecule has 2 aromatic heterocycles. The maximum absolute atomic E-state index is 12.5. The summed E-state index contributed by atoms with van der Waals surface area (Å²) in [4.78, 5) is 29.4. The molecule has 0 spiro atoms. The van der Waals surface area contributed by atoms with E-state index in [0.717, 1.165) is 16.8 Å². The van der Waals surface area contributed by atoms with Crippen molar-refractivity contribution in [3.8, 4) is 0 Å². The van der Waals surface area contributed by atoms with Gasteiger partial charge in [-0.15, -0.1) is 11.3 Å². The molecule has 0 aliphatic carbocycles. The van der Waals surface area contributed by atoms with Gasteiger partial charge in [0.2, 0.25) is 5.91 Å². The van der Waals surface area contributed by atoms with Crippen LogP contribution in [0.3, 0.4) is 0 Å². The zero-order valence-electron chi connectivity index (χ0n) is 14.3. The van der Waals surface area contributed by atoms with E-state index in [1.54, 1.807) is 4.57 Å². The molecule has 3 aromatic rings. The van der Waals surface area contributed by atoms with Crippen LogP contribution >= 0.6 is 23.1 Å². The summed E-state index contributed by atoms with van der Waals surface area (Å²) < 4.78 is 2.28. The Morgan fingerprint density at radius 2 is 2.00 bits per heavy atom. The van der Waals surface area contributed by atoms with Crippen molar-refractivity contribution in [2.45, 2.75) is 32.5 Å². The van der Waals surface area contributed by atoms with Gasteiger partial charge in [0.05, 0.1) is 11.3 Å². The summed E-state index contributed by atoms with van der Waals surface area (Å²) >= 11 is 2.68. The molecule has 5 nitrogen and oxygen atoms in total. The third kappa shape index (κ3) is 3.62. The second kappa shape index (κ2) is 7.41. The second-order valence-electron chi connectivity index (χ2n) is 5.68. The first-order chi connectivity index (χ1) is 12.0. The first-order valence-corrected chi connectivity index (χ1v) is 9.84. The van der Waals surface area contributed by atoms with E-state index in [4.69, 9.17) is 0 Å². The minimum atomic E-state index is -0.107. The molecule has 2 heterocycles. The molecule has 0 saturated heterocycles. The highest BCUT2D eigenvalue weighted by atomic mass is 32.2. The van der Waals surface area contributed by atoms with Crippen molar-refractivity contribution in [1.82, 2.24) is 9.55 Å². The summed E-state index contributed by atoms with van der Waals surface area (Å²) in [6.07, 6.45) is 0. The molecule has 0 unspecified atom stereocenters. The first kappa shape index (κ1) is 17.7. The van der Waals surface area contributed by atoms with E-state index in [-0.39, 0.29) is 17.2 Å². The summed E-state index contributed by atoms with van der Waals surface area (Å²) in [5, 5.41) is 5.40. The number of nitrogens with one attached hydrogen (secondary N) is 1. The highest BCUT2D eigenvalue weighted by Crippen LogP contribution is 2.23. The largest absolute Gasteiger partial charge is 0.325 e. The predicted molar refractivity (Wildman–Crippen MR) is 105 cm³/mol. The van der Waals surface area contributed by atoms with Gasteiger partial charge in [0.25, 0.3) is 5.56 Å². The maximum atomic E-state index is 12.5. The minimum Gasteiger partial charge on any atom is -0.325 e. The van der Waals surface area contributed by atoms with Crippen molar-refractivity contribution in [2.24, 2.45) is 0 Å². The molecule has 0 fully saturated rings. The van der Waals surface area contributed by atoms with Gasteiger partial charge >= 0.3 is 0 Å². The van der Waals surface area contributed by atoms with Gasteiger partial charge in [-0.2, -0.15) is 0 Å². The van der Waals surface area contributed by atoms with Crippen molar-refractivity contribution in [1.29, 1.82) is 0 Å². The number of amides is 1. The fourth-order valence-electron chi connectivity index (χ4n) is 2.63. The zero-order chi connectivity index (χ0) is 18.0. The first-order valence-electron chi connectivity index (χ1n) is 7.98. The van der Waals surface area contributed by atoms with Gasteiger partial charge in [-0.25, -0.2) is 4.98 Å². The van der Waals surface area contributed by atoms with Crippen molar-refractivity contribution >= 4 is 44.9 Å². The van der Waals surface area contributed by atoms with Gasteiger partial charge in [-0.05, 0) is 43.3 Å². The zero-order valence-corrected chi connectivity index (χ0v) is 16.0. The lowest BCUT2D eigenvalue weighted by Gasteiger charge is -2.12. The Hall–Kier alpha value is -2.12. The minimum absolute atomic E-state index is 0.0415. The highest BCUT2D eigenvalue weighted by molar-refractivity contribution is 7.99. The number of aromatic nitrogens is 2. The number of aryl methyl sites for hydroxylation is 2. The summed E-state index contributed by atoms with van der Waals surface area (Å²) in [5.74, 6) is 0.0975. The Bertz CT molecular complexity index is 971. The number of carbonyl (C=O) groups excluding carboxylic acids is 1. The van der Waals surface area contributed by atoms with Gasteiger partial charge in [-0.3, -0.25) is 14.2 Å². The molecule has 1 amide bonds. The summed E-state index contributed by atoms with van der Waals surface area (Å²) in [6.45, 7) is 6.37. The molecule has 25 heavy (non-hydrogen) atoms. The number of carbonyl (C=O) groups is 1. The number of para-hydroxylation sites is 1. The normalized spacial score (nSPS) is 11.0. The molecule has 130 valence electrons. The number of nitrogens with zero attached hydrogens (tertiary/aromatic N) is 2. The quantitative estimate of drug-likeness (QED) is 0.545. The topological polar surface area (TPSA) is 64.0 Å². The molecule has 0 radical (unpaired) electrons. The maximum Gasteiger partial charge on any atom is 0.272 e. The Kier molecular flexibility index (Phi) is 5.24.